The molecular weight excluding hydrogens is 417 g/mol. The lowest BCUT2D eigenvalue weighted by Crippen LogP contribution is -2.35. The van der Waals surface area contributed by atoms with Gasteiger partial charge in [-0.05, 0) is 31.7 Å². The van der Waals surface area contributed by atoms with Gasteiger partial charge >= 0.3 is 0 Å². The molecule has 1 aromatic carbocycles. The van der Waals surface area contributed by atoms with Crippen molar-refractivity contribution >= 4 is 29.9 Å². The summed E-state index contributed by atoms with van der Waals surface area (Å²) in [6, 6.07) is 6.02. The highest BCUT2D eigenvalue weighted by Crippen LogP contribution is 2.35. The van der Waals surface area contributed by atoms with E-state index in [0.29, 0.717) is 12.6 Å². The van der Waals surface area contributed by atoms with E-state index in [0.717, 1.165) is 35.9 Å². The van der Waals surface area contributed by atoms with E-state index in [2.05, 4.69) is 6.07 Å². The van der Waals surface area contributed by atoms with Crippen LogP contribution in [-0.2, 0) is 6.54 Å². The normalized spacial score (nSPS) is 13.9. The Hall–Kier alpha value is -1.18. The quantitative estimate of drug-likeness (QED) is 0.393. The first-order chi connectivity index (χ1) is 11.0. The highest BCUT2D eigenvalue weighted by Gasteiger charge is 2.20. The van der Waals surface area contributed by atoms with E-state index in [1.807, 2.05) is 50.1 Å². The first-order valence-electron chi connectivity index (χ1n) is 8.24. The Morgan fingerprint density at radius 3 is 2.29 bits per heavy atom. The molecule has 1 saturated carbocycles. The van der Waals surface area contributed by atoms with Gasteiger partial charge in [0.25, 0.3) is 0 Å². The molecule has 0 atom stereocenters. The molecule has 0 N–H and O–H groups in total. The van der Waals surface area contributed by atoms with Crippen molar-refractivity contribution in [2.75, 3.05) is 35.3 Å². The molecule has 0 saturated heterocycles. The third-order valence-electron chi connectivity index (χ3n) is 4.06. The van der Waals surface area contributed by atoms with E-state index < -0.39 is 0 Å². The minimum atomic E-state index is 0. The van der Waals surface area contributed by atoms with Crippen LogP contribution in [-0.4, -0.2) is 57.2 Å². The van der Waals surface area contributed by atoms with Crippen molar-refractivity contribution in [2.24, 2.45) is 4.99 Å². The Balaban J connectivity index is 0.00000288. The van der Waals surface area contributed by atoms with Crippen LogP contribution in [0.15, 0.2) is 23.2 Å². The van der Waals surface area contributed by atoms with Crippen LogP contribution in [0.25, 0.3) is 0 Å². The molecule has 1 aromatic rings. The van der Waals surface area contributed by atoms with E-state index in [-0.39, 0.29) is 24.0 Å². The molecule has 1 aliphatic carbocycles. The number of para-hydroxylation sites is 1. The van der Waals surface area contributed by atoms with Crippen LogP contribution in [0.2, 0.25) is 0 Å². The average molecular weight is 447 g/mol. The van der Waals surface area contributed by atoms with Gasteiger partial charge in [0.2, 0.25) is 0 Å². The summed E-state index contributed by atoms with van der Waals surface area (Å²) in [7, 11) is 9.69. The number of rotatable bonds is 5. The molecule has 136 valence electrons. The molecule has 0 amide bonds. The van der Waals surface area contributed by atoms with Crippen molar-refractivity contribution in [3.63, 3.8) is 0 Å². The Labute approximate surface area is 163 Å². The van der Waals surface area contributed by atoms with Gasteiger partial charge in [-0.25, -0.2) is 4.99 Å². The zero-order valence-electron chi connectivity index (χ0n) is 15.4. The van der Waals surface area contributed by atoms with Gasteiger partial charge < -0.3 is 19.3 Å². The maximum absolute atomic E-state index is 6.26. The zero-order chi connectivity index (χ0) is 16.8. The Morgan fingerprint density at radius 1 is 1.12 bits per heavy atom. The van der Waals surface area contributed by atoms with Crippen molar-refractivity contribution in [1.29, 1.82) is 0 Å². The maximum atomic E-state index is 6.26. The molecule has 0 heterocycles. The number of nitrogens with zero attached hydrogens (tertiary/aromatic N) is 3. The van der Waals surface area contributed by atoms with Crippen molar-refractivity contribution in [1.82, 2.24) is 9.80 Å². The number of hydrogen-bond donors (Lipinski definition) is 0. The first-order valence-corrected chi connectivity index (χ1v) is 8.24. The highest BCUT2D eigenvalue weighted by atomic mass is 127. The van der Waals surface area contributed by atoms with Gasteiger partial charge in [0, 0.05) is 33.8 Å². The van der Waals surface area contributed by atoms with Crippen molar-refractivity contribution in [3.8, 4) is 11.5 Å². The van der Waals surface area contributed by atoms with Crippen molar-refractivity contribution < 1.29 is 9.47 Å². The lowest BCUT2D eigenvalue weighted by Gasteiger charge is -2.23. The van der Waals surface area contributed by atoms with Crippen LogP contribution in [0, 0.1) is 0 Å². The summed E-state index contributed by atoms with van der Waals surface area (Å²) in [6.07, 6.45) is 5.05. The molecule has 5 nitrogen and oxygen atoms in total. The third-order valence-corrected chi connectivity index (χ3v) is 4.06. The lowest BCUT2D eigenvalue weighted by atomic mass is 10.1. The number of aliphatic imine (C=N–C) groups is 1. The van der Waals surface area contributed by atoms with E-state index in [1.165, 1.54) is 12.8 Å². The standard InChI is InChI=1S/C18H29N3O2.HI/c1-20(2)18(21(3)4)19-13-14-9-8-12-16(22-5)17(14)23-15-10-6-7-11-15;/h8-9,12,15H,6-7,10-11,13H2,1-5H3;1H. The number of benzene rings is 1. The van der Waals surface area contributed by atoms with Gasteiger partial charge in [0.05, 0.1) is 19.8 Å². The molecule has 0 spiro atoms. The molecule has 24 heavy (non-hydrogen) atoms. The van der Waals surface area contributed by atoms with Crippen LogP contribution in [0.3, 0.4) is 0 Å². The van der Waals surface area contributed by atoms with Gasteiger partial charge in [0.1, 0.15) is 0 Å². The molecule has 0 radical (unpaired) electrons. The average Bonchev–Trinajstić information content (AvgIpc) is 3.01. The second-order valence-corrected chi connectivity index (χ2v) is 6.38. The molecule has 6 heteroatoms. The SMILES string of the molecule is COc1cccc(CN=C(N(C)C)N(C)C)c1OC1CCCC1.I. The summed E-state index contributed by atoms with van der Waals surface area (Å²) >= 11 is 0. The highest BCUT2D eigenvalue weighted by molar-refractivity contribution is 14.0. The van der Waals surface area contributed by atoms with Gasteiger partial charge in [-0.3, -0.25) is 0 Å². The van der Waals surface area contributed by atoms with Crippen LogP contribution < -0.4 is 9.47 Å². The number of guanidine groups is 1. The minimum Gasteiger partial charge on any atom is -0.493 e. The summed E-state index contributed by atoms with van der Waals surface area (Å²) in [5.41, 5.74) is 1.07. The first kappa shape index (κ1) is 20.9. The third kappa shape index (κ3) is 5.43. The maximum Gasteiger partial charge on any atom is 0.195 e. The molecule has 0 bridgehead atoms. The summed E-state index contributed by atoms with van der Waals surface area (Å²) < 4.78 is 11.8. The number of methoxy groups -OCH3 is 1. The summed E-state index contributed by atoms with van der Waals surface area (Å²) in [6.45, 7) is 0.574. The van der Waals surface area contributed by atoms with Gasteiger partial charge in [-0.15, -0.1) is 24.0 Å². The predicted octanol–water partition coefficient (Wildman–Crippen LogP) is 3.61. The topological polar surface area (TPSA) is 37.3 Å². The van der Waals surface area contributed by atoms with E-state index in [4.69, 9.17) is 14.5 Å². The largest absolute Gasteiger partial charge is 0.493 e. The predicted molar refractivity (Wildman–Crippen MR) is 110 cm³/mol. The van der Waals surface area contributed by atoms with Crippen LogP contribution >= 0.6 is 24.0 Å². The van der Waals surface area contributed by atoms with E-state index in [9.17, 15) is 0 Å². The number of halogens is 1. The van der Waals surface area contributed by atoms with Crippen LogP contribution in [0.4, 0.5) is 0 Å². The Morgan fingerprint density at radius 2 is 1.75 bits per heavy atom. The molecule has 2 rings (SSSR count). The molecule has 1 fully saturated rings. The smallest absolute Gasteiger partial charge is 0.195 e. The Kier molecular flexibility index (Phi) is 8.66. The summed E-state index contributed by atoms with van der Waals surface area (Å²) in [5.74, 6) is 2.57. The monoisotopic (exact) mass is 447 g/mol. The van der Waals surface area contributed by atoms with Crippen LogP contribution in [0.1, 0.15) is 31.2 Å². The van der Waals surface area contributed by atoms with Gasteiger partial charge in [0.15, 0.2) is 17.5 Å². The fraction of sp³-hybridized carbons (Fsp3) is 0.611. The fourth-order valence-corrected chi connectivity index (χ4v) is 2.99. The zero-order valence-corrected chi connectivity index (χ0v) is 17.7. The van der Waals surface area contributed by atoms with Gasteiger partial charge in [-0.1, -0.05) is 12.1 Å². The van der Waals surface area contributed by atoms with E-state index in [1.54, 1.807) is 7.11 Å². The summed E-state index contributed by atoms with van der Waals surface area (Å²) in [5, 5.41) is 0. The molecular formula is C18H30IN3O2. The van der Waals surface area contributed by atoms with Gasteiger partial charge in [-0.2, -0.15) is 0 Å². The van der Waals surface area contributed by atoms with Crippen molar-refractivity contribution in [3.05, 3.63) is 23.8 Å². The molecule has 0 aliphatic heterocycles. The molecule has 1 aliphatic rings. The number of ether oxygens (including phenoxy) is 2. The van der Waals surface area contributed by atoms with Crippen molar-refractivity contribution in [2.45, 2.75) is 38.3 Å². The molecule has 0 aromatic heterocycles. The molecule has 0 unspecified atom stereocenters. The second-order valence-electron chi connectivity index (χ2n) is 6.38. The second kappa shape index (κ2) is 9.96. The van der Waals surface area contributed by atoms with E-state index >= 15 is 0 Å². The minimum absolute atomic E-state index is 0. The van der Waals surface area contributed by atoms with Crippen LogP contribution in [0.5, 0.6) is 11.5 Å². The summed E-state index contributed by atoms with van der Waals surface area (Å²) in [4.78, 5) is 8.76. The fourth-order valence-electron chi connectivity index (χ4n) is 2.99. The Bertz CT molecular complexity index is 531. The lowest BCUT2D eigenvalue weighted by molar-refractivity contribution is 0.198. The number of hydrogen-bond acceptors (Lipinski definition) is 3.